The van der Waals surface area contributed by atoms with E-state index in [4.69, 9.17) is 21.1 Å². The number of fused-ring (bicyclic) bond motifs is 1. The minimum Gasteiger partial charge on any atom is -0.489 e. The summed E-state index contributed by atoms with van der Waals surface area (Å²) in [5.41, 5.74) is 2.36. The molecular weight excluding hydrogens is 434 g/mol. The second kappa shape index (κ2) is 9.48. The molecule has 1 N–H and O–H groups in total. The minimum atomic E-state index is -0.176. The lowest BCUT2D eigenvalue weighted by molar-refractivity contribution is -0.00210. The lowest BCUT2D eigenvalue weighted by atomic mass is 9.77. The quantitative estimate of drug-likeness (QED) is 0.450. The van der Waals surface area contributed by atoms with Crippen LogP contribution in [0.15, 0.2) is 72.8 Å². The Labute approximate surface area is 199 Å². The maximum absolute atomic E-state index is 13.2. The highest BCUT2D eigenvalue weighted by atomic mass is 35.5. The van der Waals surface area contributed by atoms with Crippen LogP contribution in [0.4, 0.5) is 0 Å². The van der Waals surface area contributed by atoms with Crippen molar-refractivity contribution in [3.05, 3.63) is 94.5 Å². The van der Waals surface area contributed by atoms with Crippen LogP contribution in [0, 0.1) is 0 Å². The molecule has 5 heteroatoms. The van der Waals surface area contributed by atoms with E-state index in [9.17, 15) is 4.79 Å². The highest BCUT2D eigenvalue weighted by molar-refractivity contribution is 6.31. The lowest BCUT2D eigenvalue weighted by Crippen LogP contribution is -2.46. The van der Waals surface area contributed by atoms with Gasteiger partial charge in [0.05, 0.1) is 6.04 Å². The van der Waals surface area contributed by atoms with Crippen molar-refractivity contribution in [2.24, 2.45) is 0 Å². The Bertz CT molecular complexity index is 1140. The zero-order valence-electron chi connectivity index (χ0n) is 18.6. The van der Waals surface area contributed by atoms with Gasteiger partial charge in [-0.1, -0.05) is 60.5 Å². The van der Waals surface area contributed by atoms with Crippen LogP contribution in [-0.2, 0) is 6.61 Å². The van der Waals surface area contributed by atoms with E-state index in [2.05, 4.69) is 11.4 Å². The van der Waals surface area contributed by atoms with Crippen LogP contribution in [-0.4, -0.2) is 11.5 Å². The van der Waals surface area contributed by atoms with Gasteiger partial charge in [0, 0.05) is 28.1 Å². The Morgan fingerprint density at radius 3 is 2.64 bits per heavy atom. The van der Waals surface area contributed by atoms with Gasteiger partial charge in [0.15, 0.2) is 0 Å². The maximum atomic E-state index is 13.2. The average molecular weight is 462 g/mol. The monoisotopic (exact) mass is 461 g/mol. The Morgan fingerprint density at radius 1 is 1.00 bits per heavy atom. The van der Waals surface area contributed by atoms with Gasteiger partial charge in [-0.2, -0.15) is 0 Å². The van der Waals surface area contributed by atoms with Crippen LogP contribution >= 0.6 is 11.6 Å². The summed E-state index contributed by atoms with van der Waals surface area (Å²) in [5, 5.41) is 3.95. The van der Waals surface area contributed by atoms with Gasteiger partial charge in [0.1, 0.15) is 23.7 Å². The van der Waals surface area contributed by atoms with Gasteiger partial charge in [0.2, 0.25) is 0 Å². The molecule has 1 atom stereocenters. The number of para-hydroxylation sites is 1. The maximum Gasteiger partial charge on any atom is 0.251 e. The van der Waals surface area contributed by atoms with Gasteiger partial charge in [0.25, 0.3) is 5.91 Å². The smallest absolute Gasteiger partial charge is 0.251 e. The summed E-state index contributed by atoms with van der Waals surface area (Å²) in [4.78, 5) is 13.2. The third-order valence-electron chi connectivity index (χ3n) is 6.72. The summed E-state index contributed by atoms with van der Waals surface area (Å²) in [6, 6.07) is 22.9. The van der Waals surface area contributed by atoms with Crippen molar-refractivity contribution in [3.63, 3.8) is 0 Å². The first-order valence-electron chi connectivity index (χ1n) is 11.7. The molecule has 3 aromatic carbocycles. The number of amides is 1. The number of rotatable bonds is 5. The average Bonchev–Trinajstić information content (AvgIpc) is 2.84. The molecule has 0 radical (unpaired) electrons. The van der Waals surface area contributed by atoms with E-state index in [0.29, 0.717) is 22.9 Å². The van der Waals surface area contributed by atoms with E-state index in [0.717, 1.165) is 36.1 Å². The molecule has 170 valence electrons. The Hall–Kier alpha value is -2.98. The van der Waals surface area contributed by atoms with Crippen molar-refractivity contribution in [3.8, 4) is 11.5 Å². The first kappa shape index (κ1) is 21.8. The highest BCUT2D eigenvalue weighted by Gasteiger charge is 2.42. The summed E-state index contributed by atoms with van der Waals surface area (Å²) in [6.45, 7) is 0.348. The fourth-order valence-corrected chi connectivity index (χ4v) is 5.18. The van der Waals surface area contributed by atoms with Crippen LogP contribution in [0.2, 0.25) is 5.02 Å². The van der Waals surface area contributed by atoms with Gasteiger partial charge in [-0.15, -0.1) is 0 Å². The summed E-state index contributed by atoms with van der Waals surface area (Å²) in [5.74, 6) is 1.43. The zero-order valence-corrected chi connectivity index (χ0v) is 19.3. The van der Waals surface area contributed by atoms with Crippen LogP contribution in [0.1, 0.15) is 66.1 Å². The van der Waals surface area contributed by atoms with E-state index >= 15 is 0 Å². The van der Waals surface area contributed by atoms with Crippen molar-refractivity contribution < 1.29 is 14.3 Å². The van der Waals surface area contributed by atoms with Crippen molar-refractivity contribution in [2.75, 3.05) is 0 Å². The highest BCUT2D eigenvalue weighted by Crippen LogP contribution is 2.46. The molecule has 1 fully saturated rings. The molecule has 0 unspecified atom stereocenters. The van der Waals surface area contributed by atoms with Crippen LogP contribution < -0.4 is 14.8 Å². The number of nitrogens with one attached hydrogen (secondary N) is 1. The molecule has 1 amide bonds. The summed E-state index contributed by atoms with van der Waals surface area (Å²) in [6.07, 6.45) is 6.49. The van der Waals surface area contributed by atoms with E-state index in [1.165, 1.54) is 19.3 Å². The predicted molar refractivity (Wildman–Crippen MR) is 130 cm³/mol. The van der Waals surface area contributed by atoms with Crippen molar-refractivity contribution in [1.82, 2.24) is 5.32 Å². The number of carbonyl (C=O) groups is 1. The third kappa shape index (κ3) is 4.86. The molecule has 0 bridgehead atoms. The molecular formula is C28H28ClNO3. The Morgan fingerprint density at radius 2 is 1.79 bits per heavy atom. The van der Waals surface area contributed by atoms with Crippen LogP contribution in [0.5, 0.6) is 11.5 Å². The normalized spacial score (nSPS) is 18.8. The molecule has 1 aliphatic carbocycles. The molecule has 5 rings (SSSR count). The van der Waals surface area contributed by atoms with Gasteiger partial charge in [-0.05, 0) is 56.0 Å². The van der Waals surface area contributed by atoms with Gasteiger partial charge in [-0.3, -0.25) is 4.79 Å². The second-order valence-corrected chi connectivity index (χ2v) is 9.43. The molecule has 2 aliphatic rings. The summed E-state index contributed by atoms with van der Waals surface area (Å²) in [7, 11) is 0. The number of benzene rings is 3. The molecule has 1 saturated carbocycles. The number of hydrogen-bond acceptors (Lipinski definition) is 3. The third-order valence-corrected chi connectivity index (χ3v) is 7.08. The van der Waals surface area contributed by atoms with Gasteiger partial charge in [-0.25, -0.2) is 0 Å². The number of carbonyl (C=O) groups excluding carboxylic acids is 1. The first-order chi connectivity index (χ1) is 16.1. The molecule has 1 aliphatic heterocycles. The van der Waals surface area contributed by atoms with Crippen molar-refractivity contribution in [2.45, 2.75) is 56.8 Å². The fraction of sp³-hybridized carbons (Fsp3) is 0.321. The van der Waals surface area contributed by atoms with Crippen molar-refractivity contribution in [1.29, 1.82) is 0 Å². The van der Waals surface area contributed by atoms with E-state index < -0.39 is 0 Å². The predicted octanol–water partition coefficient (Wildman–Crippen LogP) is 6.88. The SMILES string of the molecule is O=C(N[C@H]1CC2(CCCCC2)Oc2ccccc21)c1cccc(OCc2ccccc2Cl)c1. The summed E-state index contributed by atoms with van der Waals surface area (Å²) >= 11 is 6.23. The van der Waals surface area contributed by atoms with Crippen LogP contribution in [0.25, 0.3) is 0 Å². The van der Waals surface area contributed by atoms with E-state index in [1.807, 2.05) is 60.7 Å². The topological polar surface area (TPSA) is 47.6 Å². The van der Waals surface area contributed by atoms with E-state index in [1.54, 1.807) is 6.07 Å². The number of ether oxygens (including phenoxy) is 2. The second-order valence-electron chi connectivity index (χ2n) is 9.02. The number of halogens is 1. The molecule has 1 spiro atoms. The minimum absolute atomic E-state index is 0.0757. The van der Waals surface area contributed by atoms with Gasteiger partial charge < -0.3 is 14.8 Å². The van der Waals surface area contributed by atoms with E-state index in [-0.39, 0.29) is 17.6 Å². The molecule has 0 aromatic heterocycles. The first-order valence-corrected chi connectivity index (χ1v) is 12.0. The molecule has 0 saturated heterocycles. The van der Waals surface area contributed by atoms with Crippen LogP contribution in [0.3, 0.4) is 0 Å². The zero-order chi connectivity index (χ0) is 22.7. The molecule has 4 nitrogen and oxygen atoms in total. The lowest BCUT2D eigenvalue weighted by Gasteiger charge is -2.44. The molecule has 3 aromatic rings. The number of hydrogen-bond donors (Lipinski definition) is 1. The standard InChI is InChI=1S/C28H28ClNO3/c29-24-13-4-2-9-21(24)19-32-22-11-8-10-20(17-22)27(31)30-25-18-28(15-6-1-7-16-28)33-26-14-5-3-12-23(25)26/h2-5,8-14,17,25H,1,6-7,15-16,18-19H2,(H,30,31)/t25-/m0/s1. The molecule has 33 heavy (non-hydrogen) atoms. The largest absolute Gasteiger partial charge is 0.489 e. The van der Waals surface area contributed by atoms with Crippen molar-refractivity contribution >= 4 is 17.5 Å². The van der Waals surface area contributed by atoms with Gasteiger partial charge >= 0.3 is 0 Å². The Balaban J connectivity index is 1.32. The Kier molecular flexibility index (Phi) is 6.28. The summed E-state index contributed by atoms with van der Waals surface area (Å²) < 4.78 is 12.4. The molecule has 1 heterocycles. The fourth-order valence-electron chi connectivity index (χ4n) is 4.99.